The lowest BCUT2D eigenvalue weighted by Crippen LogP contribution is -2.04. The summed E-state index contributed by atoms with van der Waals surface area (Å²) in [4.78, 5) is 10.7. The maximum atomic E-state index is 10.7. The molecule has 88 valence electrons. The maximum Gasteiger partial charge on any atom is 0.335 e. The molecule has 5 nitrogen and oxygen atoms in total. The summed E-state index contributed by atoms with van der Waals surface area (Å²) in [6.07, 6.45) is 0.761. The van der Waals surface area contributed by atoms with Crippen molar-refractivity contribution in [3.05, 3.63) is 23.8 Å². The van der Waals surface area contributed by atoms with Gasteiger partial charge in [-0.05, 0) is 18.2 Å². The Hall–Kier alpha value is -1.75. The van der Waals surface area contributed by atoms with E-state index in [1.807, 2.05) is 0 Å². The van der Waals surface area contributed by atoms with Crippen molar-refractivity contribution in [3.8, 4) is 5.75 Å². The molecule has 0 aliphatic carbocycles. The highest BCUT2D eigenvalue weighted by molar-refractivity contribution is 5.89. The molecule has 0 aliphatic heterocycles. The van der Waals surface area contributed by atoms with Gasteiger partial charge >= 0.3 is 5.97 Å². The van der Waals surface area contributed by atoms with E-state index >= 15 is 0 Å². The van der Waals surface area contributed by atoms with Crippen molar-refractivity contribution in [2.24, 2.45) is 0 Å². The minimum atomic E-state index is -1.00. The van der Waals surface area contributed by atoms with Crippen LogP contribution in [0.25, 0.3) is 0 Å². The molecule has 0 amide bonds. The number of hydrogen-bond acceptors (Lipinski definition) is 4. The number of benzene rings is 1. The molecule has 1 aromatic rings. The third-order valence-electron chi connectivity index (χ3n) is 2.01. The van der Waals surface area contributed by atoms with Gasteiger partial charge in [0.2, 0.25) is 0 Å². The van der Waals surface area contributed by atoms with Crippen LogP contribution < -0.4 is 10.5 Å². The number of ether oxygens (including phenoxy) is 2. The lowest BCUT2D eigenvalue weighted by molar-refractivity contribution is 0.0697. The van der Waals surface area contributed by atoms with Crippen LogP contribution in [0.4, 0.5) is 5.69 Å². The summed E-state index contributed by atoms with van der Waals surface area (Å²) in [5.74, 6) is -0.501. The Bertz CT molecular complexity index is 365. The molecule has 1 rings (SSSR count). The summed E-state index contributed by atoms with van der Waals surface area (Å²) >= 11 is 0. The Morgan fingerprint density at radius 3 is 2.75 bits per heavy atom. The first-order valence-electron chi connectivity index (χ1n) is 4.89. The van der Waals surface area contributed by atoms with Crippen LogP contribution in [0.15, 0.2) is 18.2 Å². The maximum absolute atomic E-state index is 10.7. The number of methoxy groups -OCH3 is 1. The van der Waals surface area contributed by atoms with Crippen LogP contribution in [-0.4, -0.2) is 31.4 Å². The van der Waals surface area contributed by atoms with E-state index in [2.05, 4.69) is 0 Å². The summed E-state index contributed by atoms with van der Waals surface area (Å²) in [6.45, 7) is 1.11. The molecular weight excluding hydrogens is 210 g/mol. The third kappa shape index (κ3) is 3.43. The van der Waals surface area contributed by atoms with E-state index in [0.29, 0.717) is 24.7 Å². The molecule has 0 saturated heterocycles. The van der Waals surface area contributed by atoms with Gasteiger partial charge in [-0.25, -0.2) is 4.79 Å². The lowest BCUT2D eigenvalue weighted by atomic mass is 10.2. The van der Waals surface area contributed by atoms with E-state index in [0.717, 1.165) is 6.42 Å². The van der Waals surface area contributed by atoms with Crippen LogP contribution in [0.3, 0.4) is 0 Å². The Morgan fingerprint density at radius 2 is 2.19 bits per heavy atom. The molecule has 3 N–H and O–H groups in total. The van der Waals surface area contributed by atoms with E-state index in [1.54, 1.807) is 13.2 Å². The average Bonchev–Trinajstić information content (AvgIpc) is 2.26. The molecule has 1 aromatic carbocycles. The normalized spacial score (nSPS) is 10.1. The topological polar surface area (TPSA) is 81.8 Å². The number of nitrogens with two attached hydrogens (primary N) is 1. The number of aromatic carboxylic acids is 1. The van der Waals surface area contributed by atoms with Gasteiger partial charge in [0, 0.05) is 20.1 Å². The highest BCUT2D eigenvalue weighted by Gasteiger charge is 2.06. The van der Waals surface area contributed by atoms with E-state index in [1.165, 1.54) is 12.1 Å². The molecular formula is C11H15NO4. The minimum absolute atomic E-state index is 0.154. The van der Waals surface area contributed by atoms with Gasteiger partial charge in [0.25, 0.3) is 0 Å². The molecule has 0 bridgehead atoms. The minimum Gasteiger partial charge on any atom is -0.491 e. The first-order valence-corrected chi connectivity index (χ1v) is 4.89. The number of carboxylic acids is 1. The second kappa shape index (κ2) is 5.97. The van der Waals surface area contributed by atoms with Gasteiger partial charge < -0.3 is 20.3 Å². The number of nitrogen functional groups attached to an aromatic ring is 1. The monoisotopic (exact) mass is 225 g/mol. The number of rotatable bonds is 6. The van der Waals surface area contributed by atoms with Gasteiger partial charge in [0.15, 0.2) is 0 Å². The number of hydrogen-bond donors (Lipinski definition) is 2. The molecule has 0 fully saturated rings. The van der Waals surface area contributed by atoms with Crippen molar-refractivity contribution in [2.45, 2.75) is 6.42 Å². The first kappa shape index (κ1) is 12.3. The zero-order valence-electron chi connectivity index (χ0n) is 9.10. The fourth-order valence-electron chi connectivity index (χ4n) is 1.20. The van der Waals surface area contributed by atoms with Gasteiger partial charge in [0.05, 0.1) is 17.9 Å². The molecule has 0 aliphatic rings. The standard InChI is InChI=1S/C11H15NO4/c1-15-5-2-6-16-10-4-3-8(11(13)14)7-9(10)12/h3-4,7H,2,5-6,12H2,1H3,(H,13,14). The van der Waals surface area contributed by atoms with Crippen LogP contribution in [0, 0.1) is 0 Å². The van der Waals surface area contributed by atoms with Crippen molar-refractivity contribution in [1.82, 2.24) is 0 Å². The van der Waals surface area contributed by atoms with E-state index in [4.69, 9.17) is 20.3 Å². The van der Waals surface area contributed by atoms with Gasteiger partial charge in [-0.1, -0.05) is 0 Å². The Kier molecular flexibility index (Phi) is 4.60. The van der Waals surface area contributed by atoms with Gasteiger partial charge in [-0.15, -0.1) is 0 Å². The largest absolute Gasteiger partial charge is 0.491 e. The van der Waals surface area contributed by atoms with Crippen LogP contribution in [0.5, 0.6) is 5.75 Å². The second-order valence-corrected chi connectivity index (χ2v) is 3.25. The van der Waals surface area contributed by atoms with Crippen molar-refractivity contribution in [2.75, 3.05) is 26.1 Å². The Labute approximate surface area is 93.8 Å². The summed E-state index contributed by atoms with van der Waals surface area (Å²) in [7, 11) is 1.62. The Balaban J connectivity index is 2.57. The molecule has 0 spiro atoms. The van der Waals surface area contributed by atoms with Crippen LogP contribution in [-0.2, 0) is 4.74 Å². The fraction of sp³-hybridized carbons (Fsp3) is 0.364. The first-order chi connectivity index (χ1) is 7.65. The average molecular weight is 225 g/mol. The van der Waals surface area contributed by atoms with E-state index in [-0.39, 0.29) is 5.56 Å². The molecule has 0 unspecified atom stereocenters. The predicted octanol–water partition coefficient (Wildman–Crippen LogP) is 1.38. The second-order valence-electron chi connectivity index (χ2n) is 3.25. The zero-order valence-corrected chi connectivity index (χ0v) is 9.10. The highest BCUT2D eigenvalue weighted by atomic mass is 16.5. The van der Waals surface area contributed by atoms with E-state index in [9.17, 15) is 4.79 Å². The third-order valence-corrected chi connectivity index (χ3v) is 2.01. The van der Waals surface area contributed by atoms with Crippen molar-refractivity contribution in [1.29, 1.82) is 0 Å². The fourth-order valence-corrected chi connectivity index (χ4v) is 1.20. The molecule has 0 heterocycles. The highest BCUT2D eigenvalue weighted by Crippen LogP contribution is 2.22. The zero-order chi connectivity index (χ0) is 12.0. The summed E-state index contributed by atoms with van der Waals surface area (Å²) < 4.78 is 10.2. The summed E-state index contributed by atoms with van der Waals surface area (Å²) in [5.41, 5.74) is 6.14. The quantitative estimate of drug-likeness (QED) is 0.564. The summed E-state index contributed by atoms with van der Waals surface area (Å²) in [5, 5.41) is 8.73. The van der Waals surface area contributed by atoms with Crippen molar-refractivity contribution in [3.63, 3.8) is 0 Å². The molecule has 0 radical (unpaired) electrons. The predicted molar refractivity (Wildman–Crippen MR) is 59.8 cm³/mol. The number of carboxylic acid groups (broad SMARTS) is 1. The smallest absolute Gasteiger partial charge is 0.335 e. The van der Waals surface area contributed by atoms with Gasteiger partial charge in [-0.3, -0.25) is 0 Å². The SMILES string of the molecule is COCCCOc1ccc(C(=O)O)cc1N. The van der Waals surface area contributed by atoms with Crippen LogP contribution in [0.1, 0.15) is 16.8 Å². The van der Waals surface area contributed by atoms with Crippen molar-refractivity contribution >= 4 is 11.7 Å². The van der Waals surface area contributed by atoms with Crippen LogP contribution in [0.2, 0.25) is 0 Å². The molecule has 0 atom stereocenters. The van der Waals surface area contributed by atoms with Gasteiger partial charge in [-0.2, -0.15) is 0 Å². The number of carbonyl (C=O) groups is 1. The molecule has 16 heavy (non-hydrogen) atoms. The molecule has 5 heteroatoms. The van der Waals surface area contributed by atoms with E-state index < -0.39 is 5.97 Å². The van der Waals surface area contributed by atoms with Gasteiger partial charge in [0.1, 0.15) is 5.75 Å². The van der Waals surface area contributed by atoms with Crippen molar-refractivity contribution < 1.29 is 19.4 Å². The molecule has 0 aromatic heterocycles. The molecule has 0 saturated carbocycles. The van der Waals surface area contributed by atoms with Crippen LogP contribution >= 0.6 is 0 Å². The summed E-state index contributed by atoms with van der Waals surface area (Å²) in [6, 6.07) is 4.41. The lowest BCUT2D eigenvalue weighted by Gasteiger charge is -2.08. The Morgan fingerprint density at radius 1 is 1.44 bits per heavy atom. The number of anilines is 1.